The van der Waals surface area contributed by atoms with Gasteiger partial charge in [0.15, 0.2) is 5.65 Å². The molecule has 17 heavy (non-hydrogen) atoms. The van der Waals surface area contributed by atoms with Crippen molar-refractivity contribution in [2.75, 3.05) is 0 Å². The number of fused-ring (bicyclic) bond motifs is 1. The fraction of sp³-hybridized carbons (Fsp3) is 0. The molecule has 0 saturated carbocycles. The predicted octanol–water partition coefficient (Wildman–Crippen LogP) is 2.59. The second kappa shape index (κ2) is 3.75. The highest BCUT2D eigenvalue weighted by Gasteiger charge is 2.04. The number of halogens is 1. The van der Waals surface area contributed by atoms with Crippen LogP contribution in [0, 0.1) is 0 Å². The first kappa shape index (κ1) is 10.1. The monoisotopic (exact) mass is 247 g/mol. The van der Waals surface area contributed by atoms with E-state index in [0.29, 0.717) is 16.4 Å². The van der Waals surface area contributed by atoms with Crippen molar-refractivity contribution in [1.29, 1.82) is 0 Å². The molecule has 1 aromatic carbocycles. The van der Waals surface area contributed by atoms with Gasteiger partial charge in [-0.3, -0.25) is 9.89 Å². The SMILES string of the molecule is O=c1cc(-c2ccc(Cl)cc2)nc2cc[nH]n12.[HH]. The molecule has 0 aliphatic carbocycles. The number of aromatic nitrogens is 3. The number of hydrogen-bond donors (Lipinski definition) is 1. The molecular formula is C12H10ClN3O. The van der Waals surface area contributed by atoms with Gasteiger partial charge in [0, 0.05) is 30.3 Å². The number of hydrogen-bond acceptors (Lipinski definition) is 2. The third kappa shape index (κ3) is 1.72. The van der Waals surface area contributed by atoms with Crippen LogP contribution < -0.4 is 5.56 Å². The number of H-pyrrole nitrogens is 1. The lowest BCUT2D eigenvalue weighted by Gasteiger charge is -2.01. The summed E-state index contributed by atoms with van der Waals surface area (Å²) in [6, 6.07) is 10.5. The molecule has 0 fully saturated rings. The van der Waals surface area contributed by atoms with Crippen LogP contribution in [0.25, 0.3) is 16.9 Å². The van der Waals surface area contributed by atoms with Gasteiger partial charge in [0.25, 0.3) is 5.56 Å². The van der Waals surface area contributed by atoms with E-state index in [-0.39, 0.29) is 6.99 Å². The third-order valence-corrected chi connectivity index (χ3v) is 2.77. The van der Waals surface area contributed by atoms with Crippen molar-refractivity contribution < 1.29 is 1.43 Å². The maximum absolute atomic E-state index is 11.8. The molecular weight excluding hydrogens is 238 g/mol. The first-order chi connectivity index (χ1) is 8.24. The Morgan fingerprint density at radius 3 is 2.76 bits per heavy atom. The minimum Gasteiger partial charge on any atom is -0.297 e. The van der Waals surface area contributed by atoms with E-state index in [1.165, 1.54) is 10.6 Å². The Balaban J connectivity index is 0.00000120. The standard InChI is InChI=1S/C12H8ClN3O.H2/c13-9-3-1-8(2-4-9)10-7-12(17)16-11(15-10)5-6-14-16;/h1-7,14H;1H. The van der Waals surface area contributed by atoms with E-state index in [0.717, 1.165) is 5.56 Å². The van der Waals surface area contributed by atoms with Crippen molar-refractivity contribution in [2.45, 2.75) is 0 Å². The van der Waals surface area contributed by atoms with Crippen molar-refractivity contribution in [2.24, 2.45) is 0 Å². The van der Waals surface area contributed by atoms with Crippen molar-refractivity contribution in [3.8, 4) is 11.3 Å². The molecule has 1 N–H and O–H groups in total. The Hall–Kier alpha value is -2.07. The summed E-state index contributed by atoms with van der Waals surface area (Å²) in [7, 11) is 0. The lowest BCUT2D eigenvalue weighted by Crippen LogP contribution is -2.13. The van der Waals surface area contributed by atoms with Crippen LogP contribution in [0.4, 0.5) is 0 Å². The first-order valence-electron chi connectivity index (χ1n) is 5.07. The van der Waals surface area contributed by atoms with E-state index in [9.17, 15) is 4.79 Å². The van der Waals surface area contributed by atoms with Gasteiger partial charge in [0.1, 0.15) is 0 Å². The molecule has 0 atom stereocenters. The molecule has 0 aliphatic rings. The lowest BCUT2D eigenvalue weighted by molar-refractivity contribution is 0.901. The zero-order valence-corrected chi connectivity index (χ0v) is 9.48. The minimum atomic E-state index is -0.134. The maximum atomic E-state index is 11.8. The van der Waals surface area contributed by atoms with E-state index in [1.54, 1.807) is 24.4 Å². The van der Waals surface area contributed by atoms with E-state index in [4.69, 9.17) is 11.6 Å². The van der Waals surface area contributed by atoms with Crippen LogP contribution in [0.5, 0.6) is 0 Å². The molecule has 5 heteroatoms. The summed E-state index contributed by atoms with van der Waals surface area (Å²) in [5.41, 5.74) is 1.98. The smallest absolute Gasteiger partial charge is 0.273 e. The van der Waals surface area contributed by atoms with E-state index < -0.39 is 0 Å². The average molecular weight is 248 g/mol. The molecule has 3 aromatic rings. The Morgan fingerprint density at radius 2 is 2.00 bits per heavy atom. The molecule has 0 saturated heterocycles. The number of aromatic amines is 1. The van der Waals surface area contributed by atoms with Crippen molar-refractivity contribution >= 4 is 17.2 Å². The van der Waals surface area contributed by atoms with Crippen LogP contribution in [0.3, 0.4) is 0 Å². The van der Waals surface area contributed by atoms with E-state index >= 15 is 0 Å². The van der Waals surface area contributed by atoms with Crippen LogP contribution in [0.15, 0.2) is 47.4 Å². The number of benzene rings is 1. The fourth-order valence-electron chi connectivity index (χ4n) is 1.70. The quantitative estimate of drug-likeness (QED) is 0.719. The van der Waals surface area contributed by atoms with Gasteiger partial charge in [-0.25, -0.2) is 9.50 Å². The van der Waals surface area contributed by atoms with Crippen LogP contribution in [-0.2, 0) is 0 Å². The molecule has 2 aromatic heterocycles. The molecule has 2 heterocycles. The summed E-state index contributed by atoms with van der Waals surface area (Å²) in [4.78, 5) is 16.2. The van der Waals surface area contributed by atoms with Gasteiger partial charge >= 0.3 is 0 Å². The predicted molar refractivity (Wildman–Crippen MR) is 68.4 cm³/mol. The first-order valence-corrected chi connectivity index (χ1v) is 5.45. The van der Waals surface area contributed by atoms with Gasteiger partial charge in [-0.1, -0.05) is 23.7 Å². The second-order valence-corrected chi connectivity index (χ2v) is 4.08. The second-order valence-electron chi connectivity index (χ2n) is 3.64. The molecule has 86 valence electrons. The molecule has 0 aliphatic heterocycles. The highest BCUT2D eigenvalue weighted by atomic mass is 35.5. The zero-order chi connectivity index (χ0) is 11.8. The number of rotatable bonds is 1. The summed E-state index contributed by atoms with van der Waals surface area (Å²) in [5.74, 6) is 0. The van der Waals surface area contributed by atoms with Crippen molar-refractivity contribution in [3.63, 3.8) is 0 Å². The Morgan fingerprint density at radius 1 is 1.24 bits per heavy atom. The van der Waals surface area contributed by atoms with Gasteiger partial charge in [0.2, 0.25) is 0 Å². The maximum Gasteiger partial charge on any atom is 0.273 e. The summed E-state index contributed by atoms with van der Waals surface area (Å²) in [6.07, 6.45) is 1.68. The molecule has 0 bridgehead atoms. The van der Waals surface area contributed by atoms with Crippen LogP contribution in [0.2, 0.25) is 5.02 Å². The summed E-state index contributed by atoms with van der Waals surface area (Å²) in [5, 5.41) is 3.46. The molecule has 0 radical (unpaired) electrons. The van der Waals surface area contributed by atoms with Gasteiger partial charge < -0.3 is 0 Å². The van der Waals surface area contributed by atoms with Crippen LogP contribution in [0.1, 0.15) is 1.43 Å². The topological polar surface area (TPSA) is 50.2 Å². The average Bonchev–Trinajstić information content (AvgIpc) is 2.78. The third-order valence-electron chi connectivity index (χ3n) is 2.52. The van der Waals surface area contributed by atoms with E-state index in [2.05, 4.69) is 10.1 Å². The van der Waals surface area contributed by atoms with Gasteiger partial charge in [-0.2, -0.15) is 0 Å². The van der Waals surface area contributed by atoms with Gasteiger partial charge in [-0.05, 0) is 12.1 Å². The summed E-state index contributed by atoms with van der Waals surface area (Å²) < 4.78 is 1.39. The normalized spacial score (nSPS) is 10.9. The highest BCUT2D eigenvalue weighted by Crippen LogP contribution is 2.18. The van der Waals surface area contributed by atoms with Crippen molar-refractivity contribution in [1.82, 2.24) is 14.6 Å². The lowest BCUT2D eigenvalue weighted by atomic mass is 10.1. The fourth-order valence-corrected chi connectivity index (χ4v) is 1.82. The minimum absolute atomic E-state index is 0. The van der Waals surface area contributed by atoms with Crippen LogP contribution >= 0.6 is 11.6 Å². The molecule has 0 amide bonds. The zero-order valence-electron chi connectivity index (χ0n) is 8.72. The Bertz CT molecular complexity index is 733. The molecule has 0 spiro atoms. The largest absolute Gasteiger partial charge is 0.297 e. The summed E-state index contributed by atoms with van der Waals surface area (Å²) in [6.45, 7) is 0. The highest BCUT2D eigenvalue weighted by molar-refractivity contribution is 6.30. The Kier molecular flexibility index (Phi) is 2.23. The van der Waals surface area contributed by atoms with Gasteiger partial charge in [-0.15, -0.1) is 0 Å². The molecule has 0 unspecified atom stereocenters. The van der Waals surface area contributed by atoms with Gasteiger partial charge in [0.05, 0.1) is 5.69 Å². The molecule has 4 nitrogen and oxygen atoms in total. The van der Waals surface area contributed by atoms with E-state index in [1.807, 2.05) is 12.1 Å². The van der Waals surface area contributed by atoms with Crippen molar-refractivity contribution in [3.05, 3.63) is 58.0 Å². The van der Waals surface area contributed by atoms with Crippen LogP contribution in [-0.4, -0.2) is 14.6 Å². The Labute approximate surface area is 103 Å². The number of nitrogens with zero attached hydrogens (tertiary/aromatic N) is 2. The molecule has 3 rings (SSSR count). The summed E-state index contributed by atoms with van der Waals surface area (Å²) >= 11 is 5.82. The number of nitrogens with one attached hydrogen (secondary N) is 1.